The molecule has 1 aromatic carbocycles. The summed E-state index contributed by atoms with van der Waals surface area (Å²) in [6.45, 7) is 1.71. The van der Waals surface area contributed by atoms with Crippen molar-refractivity contribution in [3.8, 4) is 0 Å². The Balaban J connectivity index is 2.70. The van der Waals surface area contributed by atoms with Crippen LogP contribution in [0.5, 0.6) is 0 Å². The number of fused-ring (bicyclic) bond motifs is 1. The molecule has 0 radical (unpaired) electrons. The number of nitrogens with zero attached hydrogens (tertiary/aromatic N) is 1. The van der Waals surface area contributed by atoms with Crippen molar-refractivity contribution < 1.29 is 8.78 Å². The third kappa shape index (κ3) is 1.35. The molecular formula is C9H9F2N3. The van der Waals surface area contributed by atoms with Gasteiger partial charge in [-0.15, -0.1) is 0 Å². The van der Waals surface area contributed by atoms with Crippen LogP contribution in [0.15, 0.2) is 12.1 Å². The van der Waals surface area contributed by atoms with Crippen LogP contribution in [0.4, 0.5) is 8.78 Å². The highest BCUT2D eigenvalue weighted by atomic mass is 19.1. The molecule has 3 nitrogen and oxygen atoms in total. The molecule has 0 fully saturated rings. The van der Waals surface area contributed by atoms with Crippen LogP contribution in [-0.2, 0) is 0 Å². The second-order valence-electron chi connectivity index (χ2n) is 3.19. The van der Waals surface area contributed by atoms with Crippen LogP contribution in [0.25, 0.3) is 11.0 Å². The fraction of sp³-hybridized carbons (Fsp3) is 0.222. The van der Waals surface area contributed by atoms with Crippen molar-refractivity contribution >= 4 is 11.0 Å². The first-order valence-electron chi connectivity index (χ1n) is 4.18. The van der Waals surface area contributed by atoms with Crippen LogP contribution in [0.2, 0.25) is 0 Å². The maximum atomic E-state index is 13.2. The molecular weight excluding hydrogens is 188 g/mol. The Bertz CT molecular complexity index is 476. The molecule has 3 N–H and O–H groups in total. The third-order valence-electron chi connectivity index (χ3n) is 1.95. The zero-order chi connectivity index (χ0) is 10.3. The Morgan fingerprint density at radius 1 is 1.43 bits per heavy atom. The molecule has 0 aliphatic carbocycles. The van der Waals surface area contributed by atoms with Crippen LogP contribution in [0.1, 0.15) is 18.8 Å². The molecule has 1 aromatic heterocycles. The van der Waals surface area contributed by atoms with Gasteiger partial charge in [0.15, 0.2) is 5.82 Å². The van der Waals surface area contributed by atoms with E-state index in [0.29, 0.717) is 11.3 Å². The largest absolute Gasteiger partial charge is 0.340 e. The maximum absolute atomic E-state index is 13.2. The Morgan fingerprint density at radius 2 is 2.14 bits per heavy atom. The SMILES string of the molecule is C[C@@H](N)c1nc2c(F)cc(F)cc2[nH]1. The molecule has 0 aliphatic rings. The van der Waals surface area contributed by atoms with Gasteiger partial charge in [-0.1, -0.05) is 0 Å². The molecule has 0 aliphatic heterocycles. The number of rotatable bonds is 1. The summed E-state index contributed by atoms with van der Waals surface area (Å²) in [5.74, 6) is -0.859. The van der Waals surface area contributed by atoms with Crippen LogP contribution >= 0.6 is 0 Å². The van der Waals surface area contributed by atoms with Gasteiger partial charge >= 0.3 is 0 Å². The fourth-order valence-corrected chi connectivity index (χ4v) is 1.28. The summed E-state index contributed by atoms with van der Waals surface area (Å²) in [5.41, 5.74) is 6.01. The lowest BCUT2D eigenvalue weighted by Crippen LogP contribution is -2.06. The number of nitrogens with one attached hydrogen (secondary N) is 1. The van der Waals surface area contributed by atoms with E-state index in [-0.39, 0.29) is 11.6 Å². The molecule has 1 atom stereocenters. The van der Waals surface area contributed by atoms with E-state index in [9.17, 15) is 8.78 Å². The van der Waals surface area contributed by atoms with Crippen LogP contribution in [-0.4, -0.2) is 9.97 Å². The van der Waals surface area contributed by atoms with Crippen molar-refractivity contribution in [1.82, 2.24) is 9.97 Å². The second-order valence-corrected chi connectivity index (χ2v) is 3.19. The third-order valence-corrected chi connectivity index (χ3v) is 1.95. The minimum Gasteiger partial charge on any atom is -0.340 e. The first kappa shape index (κ1) is 9.08. The first-order chi connectivity index (χ1) is 6.58. The zero-order valence-corrected chi connectivity index (χ0v) is 7.51. The molecule has 0 amide bonds. The summed E-state index contributed by atoms with van der Waals surface area (Å²) in [6.07, 6.45) is 0. The van der Waals surface area contributed by atoms with Gasteiger partial charge in [-0.05, 0) is 13.0 Å². The Hall–Kier alpha value is -1.49. The molecule has 1 heterocycles. The number of aromatic nitrogens is 2. The van der Waals surface area contributed by atoms with E-state index in [0.717, 1.165) is 6.07 Å². The van der Waals surface area contributed by atoms with Crippen LogP contribution in [0, 0.1) is 11.6 Å². The van der Waals surface area contributed by atoms with Crippen LogP contribution in [0.3, 0.4) is 0 Å². The van der Waals surface area contributed by atoms with Crippen molar-refractivity contribution in [3.63, 3.8) is 0 Å². The van der Waals surface area contributed by atoms with Gasteiger partial charge in [0.25, 0.3) is 0 Å². The predicted molar refractivity (Wildman–Crippen MR) is 48.6 cm³/mol. The van der Waals surface area contributed by atoms with Gasteiger partial charge in [-0.2, -0.15) is 0 Å². The maximum Gasteiger partial charge on any atom is 0.153 e. The normalized spacial score (nSPS) is 13.4. The molecule has 0 saturated carbocycles. The second kappa shape index (κ2) is 3.02. The first-order valence-corrected chi connectivity index (χ1v) is 4.18. The highest BCUT2D eigenvalue weighted by molar-refractivity contribution is 5.75. The van der Waals surface area contributed by atoms with E-state index in [1.165, 1.54) is 6.07 Å². The van der Waals surface area contributed by atoms with Crippen molar-refractivity contribution in [1.29, 1.82) is 0 Å². The monoisotopic (exact) mass is 197 g/mol. The molecule has 0 unspecified atom stereocenters. The Kier molecular flexibility index (Phi) is 1.96. The molecule has 2 aromatic rings. The molecule has 0 saturated heterocycles. The fourth-order valence-electron chi connectivity index (χ4n) is 1.28. The Labute approximate surface area is 78.9 Å². The summed E-state index contributed by atoms with van der Waals surface area (Å²) in [7, 11) is 0. The number of hydrogen-bond acceptors (Lipinski definition) is 2. The number of imidazole rings is 1. The molecule has 0 spiro atoms. The van der Waals surface area contributed by atoms with Gasteiger partial charge in [-0.25, -0.2) is 13.8 Å². The molecule has 14 heavy (non-hydrogen) atoms. The van der Waals surface area contributed by atoms with Gasteiger partial charge < -0.3 is 10.7 Å². The molecule has 2 rings (SSSR count). The quantitative estimate of drug-likeness (QED) is 0.733. The molecule has 5 heteroatoms. The zero-order valence-electron chi connectivity index (χ0n) is 7.51. The average molecular weight is 197 g/mol. The standard InChI is InChI=1S/C9H9F2N3/c1-4(12)9-13-7-3-5(10)2-6(11)8(7)14-9/h2-4H,12H2,1H3,(H,13,14)/t4-/m1/s1. The number of H-pyrrole nitrogens is 1. The lowest BCUT2D eigenvalue weighted by molar-refractivity contribution is 0.590. The number of hydrogen-bond donors (Lipinski definition) is 2. The summed E-state index contributed by atoms with van der Waals surface area (Å²) in [4.78, 5) is 6.69. The highest BCUT2D eigenvalue weighted by Crippen LogP contribution is 2.19. The smallest absolute Gasteiger partial charge is 0.153 e. The summed E-state index contributed by atoms with van der Waals surface area (Å²) in [6, 6.07) is 1.66. The summed E-state index contributed by atoms with van der Waals surface area (Å²) >= 11 is 0. The van der Waals surface area contributed by atoms with E-state index in [1.54, 1.807) is 6.92 Å². The number of nitrogens with two attached hydrogens (primary N) is 1. The van der Waals surface area contributed by atoms with Gasteiger partial charge in [-0.3, -0.25) is 0 Å². The number of benzene rings is 1. The predicted octanol–water partition coefficient (Wildman–Crippen LogP) is 1.86. The van der Waals surface area contributed by atoms with Gasteiger partial charge in [0.2, 0.25) is 0 Å². The topological polar surface area (TPSA) is 54.7 Å². The van der Waals surface area contributed by atoms with Crippen molar-refractivity contribution in [2.24, 2.45) is 5.73 Å². The minimum atomic E-state index is -0.678. The molecule has 0 bridgehead atoms. The van der Waals surface area contributed by atoms with E-state index in [2.05, 4.69) is 9.97 Å². The highest BCUT2D eigenvalue weighted by Gasteiger charge is 2.11. The van der Waals surface area contributed by atoms with E-state index >= 15 is 0 Å². The van der Waals surface area contributed by atoms with Crippen LogP contribution < -0.4 is 5.73 Å². The number of aromatic amines is 1. The minimum absolute atomic E-state index is 0.124. The van der Waals surface area contributed by atoms with Crippen molar-refractivity contribution in [3.05, 3.63) is 29.6 Å². The lowest BCUT2D eigenvalue weighted by atomic mass is 10.3. The van der Waals surface area contributed by atoms with Crippen molar-refractivity contribution in [2.75, 3.05) is 0 Å². The van der Waals surface area contributed by atoms with E-state index < -0.39 is 11.6 Å². The van der Waals surface area contributed by atoms with E-state index in [4.69, 9.17) is 5.73 Å². The van der Waals surface area contributed by atoms with E-state index in [1.807, 2.05) is 0 Å². The lowest BCUT2D eigenvalue weighted by Gasteiger charge is -1.96. The van der Waals surface area contributed by atoms with Gasteiger partial charge in [0.05, 0.1) is 11.6 Å². The summed E-state index contributed by atoms with van der Waals surface area (Å²) in [5, 5.41) is 0. The molecule has 74 valence electrons. The summed E-state index contributed by atoms with van der Waals surface area (Å²) < 4.78 is 25.9. The average Bonchev–Trinajstić information content (AvgIpc) is 2.47. The number of halogens is 2. The van der Waals surface area contributed by atoms with Gasteiger partial charge in [0, 0.05) is 6.07 Å². The van der Waals surface area contributed by atoms with Gasteiger partial charge in [0.1, 0.15) is 17.2 Å². The Morgan fingerprint density at radius 3 is 2.79 bits per heavy atom. The van der Waals surface area contributed by atoms with Crippen molar-refractivity contribution in [2.45, 2.75) is 13.0 Å².